The van der Waals surface area contributed by atoms with Crippen LogP contribution in [0.3, 0.4) is 0 Å². The Morgan fingerprint density at radius 3 is 2.56 bits per heavy atom. The quantitative estimate of drug-likeness (QED) is 0.342. The number of ether oxygens (including phenoxy) is 2. The third kappa shape index (κ3) is 8.13. The fraction of sp³-hybridized carbons (Fsp3) is 0.710. The number of rotatable bonds is 14. The Hall–Kier alpha value is -2.85. The summed E-state index contributed by atoms with van der Waals surface area (Å²) >= 11 is 0. The van der Waals surface area contributed by atoms with Gasteiger partial charge < -0.3 is 28.9 Å². The lowest BCUT2D eigenvalue weighted by atomic mass is 9.84. The van der Waals surface area contributed by atoms with Gasteiger partial charge >= 0.3 is 5.97 Å². The third-order valence-electron chi connectivity index (χ3n) is 8.70. The number of unbranched alkanes of at least 4 members (excludes halogenated alkanes) is 1. The van der Waals surface area contributed by atoms with Gasteiger partial charge in [0.05, 0.1) is 40.2 Å². The molecule has 3 aliphatic heterocycles. The number of likely N-dealkylation sites (tertiary alicyclic amines) is 2. The lowest BCUT2D eigenvalue weighted by molar-refractivity contribution is -0.870. The smallest absolute Gasteiger partial charge is 0.308 e. The Kier molecular flexibility index (Phi) is 10.5. The minimum absolute atomic E-state index is 0.0504. The maximum absolute atomic E-state index is 13.8. The van der Waals surface area contributed by atoms with E-state index in [1.165, 1.54) is 0 Å². The van der Waals surface area contributed by atoms with Crippen molar-refractivity contribution < 1.29 is 33.4 Å². The van der Waals surface area contributed by atoms with E-state index in [0.717, 1.165) is 48.7 Å². The fourth-order valence-electron chi connectivity index (χ4n) is 6.44. The van der Waals surface area contributed by atoms with Crippen molar-refractivity contribution in [1.82, 2.24) is 14.7 Å². The average molecular weight is 574 g/mol. The normalized spacial score (nSPS) is 22.8. The number of benzene rings is 1. The fourth-order valence-corrected chi connectivity index (χ4v) is 6.44. The van der Waals surface area contributed by atoms with E-state index in [2.05, 4.69) is 33.0 Å². The molecule has 2 amide bonds. The van der Waals surface area contributed by atoms with Gasteiger partial charge in [-0.1, -0.05) is 19.4 Å². The minimum Gasteiger partial charge on any atom is -0.481 e. The number of hydrogen-bond acceptors (Lipinski definition) is 6. The maximum Gasteiger partial charge on any atom is 0.308 e. The predicted molar refractivity (Wildman–Crippen MR) is 156 cm³/mol. The van der Waals surface area contributed by atoms with E-state index < -0.39 is 11.9 Å². The zero-order chi connectivity index (χ0) is 29.6. The standard InChI is InChI=1S/C31H48N4O6/c1-5-6-14-32(16-9-18-35(2,3)4)29(37)21-34-20-24(23-11-12-26-27(19-23)41-22-40-26)30(31(38)39)25(34)13-17-33-15-8-7-10-28(33)36/h11-12,19,24-25,30H,5-10,13-18,20-22H2,1-4H3/p+1. The van der Waals surface area contributed by atoms with Crippen molar-refractivity contribution in [3.05, 3.63) is 23.8 Å². The molecule has 2 saturated heterocycles. The molecule has 3 atom stereocenters. The first kappa shape index (κ1) is 31.1. The number of nitrogens with zero attached hydrogens (tertiary/aromatic N) is 4. The molecular weight excluding hydrogens is 524 g/mol. The van der Waals surface area contributed by atoms with Crippen LogP contribution in [0.1, 0.15) is 63.4 Å². The van der Waals surface area contributed by atoms with E-state index in [0.29, 0.717) is 57.1 Å². The molecule has 0 aliphatic carbocycles. The number of carbonyl (C=O) groups excluding carboxylic acids is 2. The maximum atomic E-state index is 13.8. The number of fused-ring (bicyclic) bond motifs is 1. The highest BCUT2D eigenvalue weighted by molar-refractivity contribution is 5.79. The SMILES string of the molecule is CCCCN(CCC[N+](C)(C)C)C(=O)CN1CC(c2ccc3c(c2)OCO3)C(C(=O)O)C1CCN1CCCCC1=O. The van der Waals surface area contributed by atoms with Crippen molar-refractivity contribution in [2.75, 3.05) is 73.7 Å². The Labute approximate surface area is 244 Å². The number of carbonyl (C=O) groups is 3. The second kappa shape index (κ2) is 13.9. The van der Waals surface area contributed by atoms with Gasteiger partial charge in [-0.25, -0.2) is 0 Å². The molecule has 1 aromatic rings. The molecule has 0 aromatic heterocycles. The molecule has 41 heavy (non-hydrogen) atoms. The van der Waals surface area contributed by atoms with Gasteiger partial charge in [0.15, 0.2) is 11.5 Å². The van der Waals surface area contributed by atoms with Crippen LogP contribution in [-0.2, 0) is 14.4 Å². The van der Waals surface area contributed by atoms with Gasteiger partial charge in [0.25, 0.3) is 0 Å². The molecule has 3 unspecified atom stereocenters. The second-order valence-corrected chi connectivity index (χ2v) is 12.8. The summed E-state index contributed by atoms with van der Waals surface area (Å²) in [6.07, 6.45) is 5.81. The first-order valence-electron chi connectivity index (χ1n) is 15.3. The Morgan fingerprint density at radius 2 is 1.85 bits per heavy atom. The molecule has 10 heteroatoms. The van der Waals surface area contributed by atoms with Gasteiger partial charge in [-0.05, 0) is 43.4 Å². The predicted octanol–water partition coefficient (Wildman–Crippen LogP) is 3.01. The van der Waals surface area contributed by atoms with Crippen LogP contribution in [-0.4, -0.2) is 122 Å². The van der Waals surface area contributed by atoms with E-state index in [-0.39, 0.29) is 37.1 Å². The van der Waals surface area contributed by atoms with Crippen molar-refractivity contribution in [3.8, 4) is 11.5 Å². The molecular formula is C31H49N4O6+. The lowest BCUT2D eigenvalue weighted by Crippen LogP contribution is -2.47. The van der Waals surface area contributed by atoms with Crippen LogP contribution in [0.25, 0.3) is 0 Å². The Balaban J connectivity index is 1.55. The molecule has 10 nitrogen and oxygen atoms in total. The van der Waals surface area contributed by atoms with Crippen molar-refractivity contribution in [2.45, 2.75) is 63.8 Å². The first-order chi connectivity index (χ1) is 19.6. The summed E-state index contributed by atoms with van der Waals surface area (Å²) in [6.45, 7) is 6.52. The summed E-state index contributed by atoms with van der Waals surface area (Å²) in [5, 5.41) is 10.5. The van der Waals surface area contributed by atoms with Crippen molar-refractivity contribution in [1.29, 1.82) is 0 Å². The molecule has 2 fully saturated rings. The van der Waals surface area contributed by atoms with Gasteiger partial charge in [0, 0.05) is 57.5 Å². The Morgan fingerprint density at radius 1 is 1.10 bits per heavy atom. The van der Waals surface area contributed by atoms with Crippen LogP contribution < -0.4 is 9.47 Å². The lowest BCUT2D eigenvalue weighted by Gasteiger charge is -2.33. The molecule has 3 aliphatic rings. The zero-order valence-corrected chi connectivity index (χ0v) is 25.3. The van der Waals surface area contributed by atoms with Crippen LogP contribution in [0.5, 0.6) is 11.5 Å². The molecule has 0 bridgehead atoms. The van der Waals surface area contributed by atoms with Gasteiger partial charge in [0.1, 0.15) is 0 Å². The first-order valence-corrected chi connectivity index (χ1v) is 15.3. The van der Waals surface area contributed by atoms with E-state index in [1.54, 1.807) is 0 Å². The van der Waals surface area contributed by atoms with Gasteiger partial charge in [0.2, 0.25) is 18.6 Å². The highest BCUT2D eigenvalue weighted by Crippen LogP contribution is 2.42. The van der Waals surface area contributed by atoms with Crippen LogP contribution in [0.15, 0.2) is 18.2 Å². The summed E-state index contributed by atoms with van der Waals surface area (Å²) < 4.78 is 11.9. The zero-order valence-electron chi connectivity index (χ0n) is 25.3. The van der Waals surface area contributed by atoms with Crippen LogP contribution >= 0.6 is 0 Å². The molecule has 0 radical (unpaired) electrons. The number of carboxylic acid groups (broad SMARTS) is 1. The number of hydrogen-bond donors (Lipinski definition) is 1. The molecule has 228 valence electrons. The van der Waals surface area contributed by atoms with Crippen LogP contribution in [0.2, 0.25) is 0 Å². The highest BCUT2D eigenvalue weighted by Gasteiger charge is 2.47. The van der Waals surface area contributed by atoms with E-state index in [1.807, 2.05) is 28.0 Å². The number of carboxylic acids is 1. The summed E-state index contributed by atoms with van der Waals surface area (Å²) in [5.41, 5.74) is 0.876. The molecule has 0 saturated carbocycles. The minimum atomic E-state index is -0.872. The van der Waals surface area contributed by atoms with Crippen molar-refractivity contribution >= 4 is 17.8 Å². The molecule has 1 N–H and O–H groups in total. The van der Waals surface area contributed by atoms with E-state index in [9.17, 15) is 19.5 Å². The third-order valence-corrected chi connectivity index (χ3v) is 8.70. The second-order valence-electron chi connectivity index (χ2n) is 12.8. The highest BCUT2D eigenvalue weighted by atomic mass is 16.7. The number of quaternary nitrogens is 1. The van der Waals surface area contributed by atoms with E-state index in [4.69, 9.17) is 9.47 Å². The monoisotopic (exact) mass is 573 g/mol. The number of amides is 2. The Bertz CT molecular complexity index is 1070. The molecule has 3 heterocycles. The topological polar surface area (TPSA) is 99.6 Å². The average Bonchev–Trinajstić information content (AvgIpc) is 3.53. The van der Waals surface area contributed by atoms with E-state index >= 15 is 0 Å². The summed E-state index contributed by atoms with van der Waals surface area (Å²) in [6, 6.07) is 5.29. The summed E-state index contributed by atoms with van der Waals surface area (Å²) in [5.74, 6) is -0.410. The molecule has 4 rings (SSSR count). The van der Waals surface area contributed by atoms with Gasteiger partial charge in [-0.15, -0.1) is 0 Å². The van der Waals surface area contributed by atoms with Crippen molar-refractivity contribution in [3.63, 3.8) is 0 Å². The summed E-state index contributed by atoms with van der Waals surface area (Å²) in [7, 11) is 6.47. The summed E-state index contributed by atoms with van der Waals surface area (Å²) in [4.78, 5) is 45.0. The van der Waals surface area contributed by atoms with Crippen molar-refractivity contribution in [2.24, 2.45) is 5.92 Å². The molecule has 0 spiro atoms. The van der Waals surface area contributed by atoms with Gasteiger partial charge in [-0.2, -0.15) is 0 Å². The molecule has 1 aromatic carbocycles. The largest absolute Gasteiger partial charge is 0.481 e. The van der Waals surface area contributed by atoms with Crippen LogP contribution in [0.4, 0.5) is 0 Å². The number of piperidine rings is 1. The van der Waals surface area contributed by atoms with Gasteiger partial charge in [-0.3, -0.25) is 19.3 Å². The van der Waals surface area contributed by atoms with Crippen LogP contribution in [0, 0.1) is 5.92 Å². The number of aliphatic carboxylic acids is 1.